The summed E-state index contributed by atoms with van der Waals surface area (Å²) in [6.45, 7) is 2.91. The molecule has 0 aliphatic heterocycles. The number of nitrogens with one attached hydrogen (secondary N) is 1. The highest BCUT2D eigenvalue weighted by Crippen LogP contribution is 2.25. The highest BCUT2D eigenvalue weighted by atomic mass is 16.5. The number of carbonyl (C=O) groups is 2. The molecule has 0 unspecified atom stereocenters. The highest BCUT2D eigenvalue weighted by Gasteiger charge is 2.28. The third kappa shape index (κ3) is 4.95. The maximum atomic E-state index is 11.8. The van der Waals surface area contributed by atoms with Crippen LogP contribution < -0.4 is 14.8 Å². The number of rotatable bonds is 8. The first kappa shape index (κ1) is 17.8. The smallest absolute Gasteiger partial charge is 0.328 e. The highest BCUT2D eigenvalue weighted by molar-refractivity contribution is 5.86. The number of methoxy groups -OCH3 is 2. The Bertz CT molecular complexity index is 539. The number of carbonyl (C=O) groups excluding carboxylic acids is 1. The second-order valence-electron chi connectivity index (χ2n) is 5.51. The monoisotopic (exact) mass is 309 g/mol. The molecule has 0 saturated heterocycles. The second-order valence-corrected chi connectivity index (χ2v) is 5.51. The van der Waals surface area contributed by atoms with Gasteiger partial charge in [0, 0.05) is 6.42 Å². The lowest BCUT2D eigenvalue weighted by molar-refractivity contribution is -0.146. The first-order chi connectivity index (χ1) is 10.3. The van der Waals surface area contributed by atoms with Gasteiger partial charge in [-0.1, -0.05) is 0 Å². The molecule has 0 bridgehead atoms. The number of ether oxygens (including phenoxy) is 2. The van der Waals surface area contributed by atoms with Crippen LogP contribution in [0.1, 0.15) is 32.3 Å². The normalized spacial score (nSPS) is 10.9. The number of hydrogen-bond acceptors (Lipinski definition) is 4. The molecule has 122 valence electrons. The first-order valence-corrected chi connectivity index (χ1v) is 7.05. The molecule has 0 aliphatic carbocycles. The third-order valence-electron chi connectivity index (χ3n) is 3.32. The van der Waals surface area contributed by atoms with Crippen molar-refractivity contribution in [3.8, 4) is 11.5 Å². The van der Waals surface area contributed by atoms with E-state index in [1.807, 2.05) is 18.2 Å². The van der Waals surface area contributed by atoms with Crippen LogP contribution in [0.5, 0.6) is 11.5 Å². The van der Waals surface area contributed by atoms with E-state index in [0.717, 1.165) is 17.1 Å². The molecule has 0 aliphatic rings. The minimum absolute atomic E-state index is 0.247. The number of aliphatic carboxylic acids is 1. The van der Waals surface area contributed by atoms with Gasteiger partial charge in [-0.3, -0.25) is 4.79 Å². The lowest BCUT2D eigenvalue weighted by atomic mass is 10.0. The molecule has 2 N–H and O–H groups in total. The van der Waals surface area contributed by atoms with E-state index in [2.05, 4.69) is 5.32 Å². The number of aryl methyl sites for hydroxylation is 1. The van der Waals surface area contributed by atoms with Gasteiger partial charge in [-0.2, -0.15) is 0 Å². The average molecular weight is 309 g/mol. The summed E-state index contributed by atoms with van der Waals surface area (Å²) in [4.78, 5) is 22.8. The minimum atomic E-state index is -1.26. The zero-order chi connectivity index (χ0) is 16.8. The number of carboxylic acid groups (broad SMARTS) is 1. The summed E-state index contributed by atoms with van der Waals surface area (Å²) >= 11 is 0. The molecule has 1 aromatic carbocycles. The SMILES string of the molecule is COc1ccc(OC)c(CCCC(=O)NC(C)(C)C(=O)O)c1. The summed E-state index contributed by atoms with van der Waals surface area (Å²) in [5.41, 5.74) is -0.308. The predicted molar refractivity (Wildman–Crippen MR) is 82.3 cm³/mol. The fourth-order valence-electron chi connectivity index (χ4n) is 1.98. The molecule has 0 aromatic heterocycles. The van der Waals surface area contributed by atoms with Gasteiger partial charge in [-0.15, -0.1) is 0 Å². The molecular formula is C16H23NO5. The topological polar surface area (TPSA) is 84.9 Å². The van der Waals surface area contributed by atoms with Crippen molar-refractivity contribution in [2.24, 2.45) is 0 Å². The van der Waals surface area contributed by atoms with Crippen molar-refractivity contribution in [1.82, 2.24) is 5.32 Å². The standard InChI is InChI=1S/C16H23NO5/c1-16(2,15(19)20)17-14(18)7-5-6-11-10-12(21-3)8-9-13(11)22-4/h8-10H,5-7H2,1-4H3,(H,17,18)(H,19,20). The Morgan fingerprint density at radius 3 is 2.45 bits per heavy atom. The van der Waals surface area contributed by atoms with Crippen molar-refractivity contribution < 1.29 is 24.2 Å². The molecule has 1 rings (SSSR count). The van der Waals surface area contributed by atoms with Crippen LogP contribution in [0.25, 0.3) is 0 Å². The lowest BCUT2D eigenvalue weighted by Crippen LogP contribution is -2.49. The van der Waals surface area contributed by atoms with Crippen LogP contribution in [0.15, 0.2) is 18.2 Å². The van der Waals surface area contributed by atoms with E-state index in [9.17, 15) is 9.59 Å². The van der Waals surface area contributed by atoms with Crippen LogP contribution in [0.3, 0.4) is 0 Å². The fraction of sp³-hybridized carbons (Fsp3) is 0.500. The molecule has 22 heavy (non-hydrogen) atoms. The zero-order valence-electron chi connectivity index (χ0n) is 13.4. The van der Waals surface area contributed by atoms with Gasteiger partial charge >= 0.3 is 5.97 Å². The average Bonchev–Trinajstić information content (AvgIpc) is 2.46. The summed E-state index contributed by atoms with van der Waals surface area (Å²) in [5, 5.41) is 11.5. The molecule has 1 amide bonds. The van der Waals surface area contributed by atoms with E-state index >= 15 is 0 Å². The predicted octanol–water partition coefficient (Wildman–Crippen LogP) is 2.01. The Hall–Kier alpha value is -2.24. The van der Waals surface area contributed by atoms with E-state index in [1.54, 1.807) is 14.2 Å². The van der Waals surface area contributed by atoms with Crippen LogP contribution in [-0.4, -0.2) is 36.7 Å². The van der Waals surface area contributed by atoms with Crippen LogP contribution in [0, 0.1) is 0 Å². The van der Waals surface area contributed by atoms with E-state index in [1.165, 1.54) is 13.8 Å². The molecule has 0 radical (unpaired) electrons. The quantitative estimate of drug-likeness (QED) is 0.767. The number of hydrogen-bond donors (Lipinski definition) is 2. The maximum Gasteiger partial charge on any atom is 0.328 e. The Labute approximate surface area is 130 Å². The van der Waals surface area contributed by atoms with Crippen molar-refractivity contribution in [1.29, 1.82) is 0 Å². The fourth-order valence-corrected chi connectivity index (χ4v) is 1.98. The van der Waals surface area contributed by atoms with Crippen LogP contribution in [0.2, 0.25) is 0 Å². The Morgan fingerprint density at radius 2 is 1.91 bits per heavy atom. The first-order valence-electron chi connectivity index (χ1n) is 7.05. The molecule has 6 heteroatoms. The Balaban J connectivity index is 2.57. The molecule has 0 atom stereocenters. The zero-order valence-corrected chi connectivity index (χ0v) is 13.4. The van der Waals surface area contributed by atoms with Gasteiger partial charge in [-0.05, 0) is 50.5 Å². The largest absolute Gasteiger partial charge is 0.497 e. The second kappa shape index (κ2) is 7.68. The molecule has 0 spiro atoms. The maximum absolute atomic E-state index is 11.8. The lowest BCUT2D eigenvalue weighted by Gasteiger charge is -2.20. The van der Waals surface area contributed by atoms with Crippen molar-refractivity contribution in [2.45, 2.75) is 38.6 Å². The number of carboxylic acids is 1. The van der Waals surface area contributed by atoms with E-state index in [0.29, 0.717) is 12.8 Å². The molecule has 6 nitrogen and oxygen atoms in total. The van der Waals surface area contributed by atoms with Gasteiger partial charge in [0.25, 0.3) is 0 Å². The number of amides is 1. The molecule has 1 aromatic rings. The van der Waals surface area contributed by atoms with Gasteiger partial charge in [0.15, 0.2) is 0 Å². The van der Waals surface area contributed by atoms with Crippen molar-refractivity contribution >= 4 is 11.9 Å². The summed E-state index contributed by atoms with van der Waals surface area (Å²) in [5.74, 6) is 0.129. The van der Waals surface area contributed by atoms with Gasteiger partial charge in [-0.25, -0.2) is 4.79 Å². The summed E-state index contributed by atoms with van der Waals surface area (Å²) in [6.07, 6.45) is 1.48. The van der Waals surface area contributed by atoms with Gasteiger partial charge in [0.2, 0.25) is 5.91 Å². The van der Waals surface area contributed by atoms with Crippen LogP contribution in [-0.2, 0) is 16.0 Å². The summed E-state index contributed by atoms with van der Waals surface area (Å²) in [6, 6.07) is 5.50. The molecule has 0 fully saturated rings. The summed E-state index contributed by atoms with van der Waals surface area (Å²) in [7, 11) is 3.18. The number of benzene rings is 1. The van der Waals surface area contributed by atoms with Gasteiger partial charge < -0.3 is 19.9 Å². The van der Waals surface area contributed by atoms with Crippen LogP contribution in [0.4, 0.5) is 0 Å². The Morgan fingerprint density at radius 1 is 1.23 bits per heavy atom. The van der Waals surface area contributed by atoms with Gasteiger partial charge in [0.1, 0.15) is 17.0 Å². The van der Waals surface area contributed by atoms with E-state index in [-0.39, 0.29) is 12.3 Å². The van der Waals surface area contributed by atoms with E-state index < -0.39 is 11.5 Å². The molecule has 0 heterocycles. The third-order valence-corrected chi connectivity index (χ3v) is 3.32. The van der Waals surface area contributed by atoms with Crippen molar-refractivity contribution in [3.05, 3.63) is 23.8 Å². The Kier molecular flexibility index (Phi) is 6.22. The van der Waals surface area contributed by atoms with E-state index in [4.69, 9.17) is 14.6 Å². The van der Waals surface area contributed by atoms with Gasteiger partial charge in [0.05, 0.1) is 14.2 Å². The summed E-state index contributed by atoms with van der Waals surface area (Å²) < 4.78 is 10.5. The minimum Gasteiger partial charge on any atom is -0.497 e. The van der Waals surface area contributed by atoms with Crippen molar-refractivity contribution in [3.63, 3.8) is 0 Å². The van der Waals surface area contributed by atoms with Crippen molar-refractivity contribution in [2.75, 3.05) is 14.2 Å². The molecular weight excluding hydrogens is 286 g/mol. The van der Waals surface area contributed by atoms with Crippen LogP contribution >= 0.6 is 0 Å². The molecule has 0 saturated carbocycles.